The summed E-state index contributed by atoms with van der Waals surface area (Å²) in [6.45, 7) is 1.82. The number of hydrogen-bond acceptors (Lipinski definition) is 5. The van der Waals surface area contributed by atoms with E-state index < -0.39 is 0 Å². The van der Waals surface area contributed by atoms with Crippen molar-refractivity contribution in [3.05, 3.63) is 71.5 Å². The molecule has 4 heterocycles. The van der Waals surface area contributed by atoms with Gasteiger partial charge in [0.25, 0.3) is 5.91 Å². The Morgan fingerprint density at radius 2 is 2.00 bits per heavy atom. The van der Waals surface area contributed by atoms with Crippen molar-refractivity contribution in [3.8, 4) is 11.5 Å². The van der Waals surface area contributed by atoms with Gasteiger partial charge in [-0.15, -0.1) is 11.3 Å². The zero-order valence-corrected chi connectivity index (χ0v) is 15.2. The van der Waals surface area contributed by atoms with Crippen LogP contribution in [0.25, 0.3) is 28.1 Å². The van der Waals surface area contributed by atoms with Crippen molar-refractivity contribution in [1.82, 2.24) is 14.4 Å². The average Bonchev–Trinajstić information content (AvgIpc) is 3.36. The van der Waals surface area contributed by atoms with Crippen LogP contribution in [0.5, 0.6) is 0 Å². The van der Waals surface area contributed by atoms with E-state index in [4.69, 9.17) is 4.42 Å². The molecule has 5 rings (SSSR count). The third-order valence-electron chi connectivity index (χ3n) is 4.32. The predicted molar refractivity (Wildman–Crippen MR) is 105 cm³/mol. The second-order valence-electron chi connectivity index (χ2n) is 6.12. The lowest BCUT2D eigenvalue weighted by Gasteiger charge is -2.02. The molecule has 5 aromatic rings. The molecular weight excluding hydrogens is 360 g/mol. The number of aryl methyl sites for hydroxylation is 1. The molecule has 0 radical (unpaired) electrons. The number of para-hydroxylation sites is 1. The quantitative estimate of drug-likeness (QED) is 0.494. The van der Waals surface area contributed by atoms with Crippen molar-refractivity contribution in [3.63, 3.8) is 0 Å². The third-order valence-corrected chi connectivity index (χ3v) is 5.08. The topological polar surface area (TPSA) is 72.4 Å². The van der Waals surface area contributed by atoms with Crippen LogP contribution in [0.4, 0.5) is 5.13 Å². The molecule has 0 spiro atoms. The molecule has 1 aromatic carbocycles. The summed E-state index contributed by atoms with van der Waals surface area (Å²) in [6, 6.07) is 15.4. The molecule has 132 valence electrons. The summed E-state index contributed by atoms with van der Waals surface area (Å²) < 4.78 is 7.61. The Kier molecular flexibility index (Phi) is 3.54. The predicted octanol–water partition coefficient (Wildman–Crippen LogP) is 4.76. The first-order valence-corrected chi connectivity index (χ1v) is 9.26. The molecule has 4 aromatic heterocycles. The number of rotatable bonds is 3. The van der Waals surface area contributed by atoms with Gasteiger partial charge >= 0.3 is 0 Å². The number of amides is 1. The molecule has 1 amide bonds. The van der Waals surface area contributed by atoms with Crippen molar-refractivity contribution in [1.29, 1.82) is 0 Å². The number of benzene rings is 1. The van der Waals surface area contributed by atoms with Crippen LogP contribution in [-0.4, -0.2) is 20.3 Å². The molecule has 7 heteroatoms. The second-order valence-corrected chi connectivity index (χ2v) is 6.97. The normalized spacial score (nSPS) is 11.3. The minimum Gasteiger partial charge on any atom is -0.454 e. The number of fused-ring (bicyclic) bond motifs is 2. The first-order valence-electron chi connectivity index (χ1n) is 8.38. The number of carbonyl (C=O) groups excluding carboxylic acids is 1. The molecule has 0 aliphatic rings. The highest BCUT2D eigenvalue weighted by Crippen LogP contribution is 2.30. The smallest absolute Gasteiger partial charge is 0.276 e. The lowest BCUT2D eigenvalue weighted by Crippen LogP contribution is -2.15. The summed E-state index contributed by atoms with van der Waals surface area (Å²) in [5, 5.41) is 6.27. The summed E-state index contributed by atoms with van der Waals surface area (Å²) in [7, 11) is 0. The van der Waals surface area contributed by atoms with E-state index in [2.05, 4.69) is 15.3 Å². The fourth-order valence-corrected chi connectivity index (χ4v) is 3.79. The number of carbonyl (C=O) groups is 1. The summed E-state index contributed by atoms with van der Waals surface area (Å²) in [4.78, 5) is 21.7. The van der Waals surface area contributed by atoms with Gasteiger partial charge in [0.2, 0.25) is 0 Å². The standard InChI is InChI=1S/C20H14N4O2S/c1-12-18(24-9-5-4-8-17(24)21-12)19(25)23-20-22-14(11-27-20)16-10-13-6-2-3-7-15(13)26-16/h2-11H,1H3,(H,22,23,25). The fraction of sp³-hybridized carbons (Fsp3) is 0.0500. The summed E-state index contributed by atoms with van der Waals surface area (Å²) in [6.07, 6.45) is 1.83. The SMILES string of the molecule is Cc1nc2ccccn2c1C(=O)Nc1nc(-c2cc3ccccc3o2)cs1. The average molecular weight is 374 g/mol. The lowest BCUT2D eigenvalue weighted by atomic mass is 10.2. The Morgan fingerprint density at radius 1 is 1.15 bits per heavy atom. The Morgan fingerprint density at radius 3 is 2.89 bits per heavy atom. The van der Waals surface area contributed by atoms with Crippen molar-refractivity contribution in [2.45, 2.75) is 6.92 Å². The van der Waals surface area contributed by atoms with E-state index in [1.54, 1.807) is 4.40 Å². The van der Waals surface area contributed by atoms with Crippen molar-refractivity contribution < 1.29 is 9.21 Å². The number of nitrogens with one attached hydrogen (secondary N) is 1. The number of hydrogen-bond donors (Lipinski definition) is 1. The Labute approximate surface area is 158 Å². The van der Waals surface area contributed by atoms with Gasteiger partial charge in [0.05, 0.1) is 5.69 Å². The van der Waals surface area contributed by atoms with E-state index in [1.807, 2.05) is 67.0 Å². The van der Waals surface area contributed by atoms with Gasteiger partial charge in [-0.25, -0.2) is 9.97 Å². The molecule has 0 atom stereocenters. The number of imidazole rings is 1. The molecule has 1 N–H and O–H groups in total. The van der Waals surface area contributed by atoms with Gasteiger partial charge in [0.1, 0.15) is 22.6 Å². The molecule has 27 heavy (non-hydrogen) atoms. The maximum Gasteiger partial charge on any atom is 0.276 e. The van der Waals surface area contributed by atoms with Gasteiger partial charge in [0, 0.05) is 17.0 Å². The molecule has 0 saturated carbocycles. The van der Waals surface area contributed by atoms with Crippen LogP contribution in [0, 0.1) is 6.92 Å². The molecule has 0 bridgehead atoms. The van der Waals surface area contributed by atoms with E-state index in [0.717, 1.165) is 16.6 Å². The van der Waals surface area contributed by atoms with Gasteiger partial charge in [-0.3, -0.25) is 14.5 Å². The van der Waals surface area contributed by atoms with Crippen LogP contribution in [-0.2, 0) is 0 Å². The number of nitrogens with zero attached hydrogens (tertiary/aromatic N) is 3. The lowest BCUT2D eigenvalue weighted by molar-refractivity contribution is 0.102. The molecule has 6 nitrogen and oxygen atoms in total. The number of pyridine rings is 1. The van der Waals surface area contributed by atoms with Crippen LogP contribution in [0.2, 0.25) is 0 Å². The van der Waals surface area contributed by atoms with Gasteiger partial charge in [-0.2, -0.15) is 0 Å². The number of thiazole rings is 1. The number of furan rings is 1. The Bertz CT molecular complexity index is 1260. The minimum absolute atomic E-state index is 0.239. The monoisotopic (exact) mass is 374 g/mol. The first kappa shape index (κ1) is 15.8. The largest absolute Gasteiger partial charge is 0.454 e. The highest BCUT2D eigenvalue weighted by molar-refractivity contribution is 7.14. The zero-order chi connectivity index (χ0) is 18.4. The molecular formula is C20H14N4O2S. The van der Waals surface area contributed by atoms with Gasteiger partial charge in [0.15, 0.2) is 10.9 Å². The third kappa shape index (κ3) is 2.69. The van der Waals surface area contributed by atoms with E-state index in [1.165, 1.54) is 11.3 Å². The zero-order valence-electron chi connectivity index (χ0n) is 14.3. The molecule has 0 aliphatic heterocycles. The first-order chi connectivity index (χ1) is 13.2. The van der Waals surface area contributed by atoms with Gasteiger partial charge in [-0.05, 0) is 31.2 Å². The fourth-order valence-electron chi connectivity index (χ4n) is 3.10. The highest BCUT2D eigenvalue weighted by atomic mass is 32.1. The van der Waals surface area contributed by atoms with E-state index >= 15 is 0 Å². The van der Waals surface area contributed by atoms with Crippen molar-refractivity contribution in [2.24, 2.45) is 0 Å². The second kappa shape index (κ2) is 6.07. The Hall–Kier alpha value is -3.45. The Balaban J connectivity index is 1.44. The molecule has 0 fully saturated rings. The minimum atomic E-state index is -0.239. The number of aromatic nitrogens is 3. The highest BCUT2D eigenvalue weighted by Gasteiger charge is 2.18. The van der Waals surface area contributed by atoms with Crippen molar-refractivity contribution in [2.75, 3.05) is 5.32 Å². The van der Waals surface area contributed by atoms with E-state index in [0.29, 0.717) is 28.0 Å². The van der Waals surface area contributed by atoms with E-state index in [-0.39, 0.29) is 5.91 Å². The summed E-state index contributed by atoms with van der Waals surface area (Å²) in [5.74, 6) is 0.440. The van der Waals surface area contributed by atoms with Crippen LogP contribution in [0.3, 0.4) is 0 Å². The van der Waals surface area contributed by atoms with Gasteiger partial charge in [-0.1, -0.05) is 24.3 Å². The molecule has 0 unspecified atom stereocenters. The molecule has 0 saturated heterocycles. The van der Waals surface area contributed by atoms with Crippen LogP contribution < -0.4 is 5.32 Å². The van der Waals surface area contributed by atoms with Crippen LogP contribution in [0.15, 0.2) is 64.5 Å². The van der Waals surface area contributed by atoms with Gasteiger partial charge < -0.3 is 4.42 Å². The van der Waals surface area contributed by atoms with Crippen molar-refractivity contribution >= 4 is 39.0 Å². The maximum atomic E-state index is 12.8. The van der Waals surface area contributed by atoms with Crippen LogP contribution >= 0.6 is 11.3 Å². The maximum absolute atomic E-state index is 12.8. The van der Waals surface area contributed by atoms with Crippen LogP contribution in [0.1, 0.15) is 16.2 Å². The molecule has 0 aliphatic carbocycles. The number of anilines is 1. The van der Waals surface area contributed by atoms with E-state index in [9.17, 15) is 4.79 Å². The summed E-state index contributed by atoms with van der Waals surface area (Å²) >= 11 is 1.36. The summed E-state index contributed by atoms with van der Waals surface area (Å²) in [5.41, 5.74) is 3.43.